The van der Waals surface area contributed by atoms with Crippen LogP contribution in [0.4, 0.5) is 11.4 Å². The molecular formula is C14H17ClN2O2. The zero-order chi connectivity index (χ0) is 13.4. The van der Waals surface area contributed by atoms with Crippen LogP contribution in [-0.4, -0.2) is 24.7 Å². The molecule has 2 atom stereocenters. The molecule has 2 aliphatic heterocycles. The minimum absolute atomic E-state index is 0.0305. The first-order chi connectivity index (χ1) is 9.11. The maximum absolute atomic E-state index is 11.4. The first kappa shape index (κ1) is 12.8. The van der Waals surface area contributed by atoms with Gasteiger partial charge in [-0.05, 0) is 37.5 Å². The van der Waals surface area contributed by atoms with Gasteiger partial charge in [0.25, 0.3) is 0 Å². The van der Waals surface area contributed by atoms with Crippen LogP contribution in [0.1, 0.15) is 25.3 Å². The fraction of sp³-hybridized carbons (Fsp3) is 0.500. The van der Waals surface area contributed by atoms with Gasteiger partial charge < -0.3 is 15.4 Å². The molecule has 0 bridgehead atoms. The molecule has 1 aromatic rings. The van der Waals surface area contributed by atoms with Crippen molar-refractivity contribution in [2.45, 2.75) is 38.3 Å². The third-order valence-electron chi connectivity index (χ3n) is 3.66. The second-order valence-corrected chi connectivity index (χ2v) is 5.67. The second kappa shape index (κ2) is 5.02. The van der Waals surface area contributed by atoms with Gasteiger partial charge in [-0.2, -0.15) is 0 Å². The van der Waals surface area contributed by atoms with Gasteiger partial charge in [0.2, 0.25) is 5.91 Å². The van der Waals surface area contributed by atoms with Crippen LogP contribution >= 0.6 is 11.6 Å². The predicted molar refractivity (Wildman–Crippen MR) is 75.8 cm³/mol. The Balaban J connectivity index is 1.78. The van der Waals surface area contributed by atoms with E-state index >= 15 is 0 Å². The molecule has 0 aromatic heterocycles. The van der Waals surface area contributed by atoms with Crippen LogP contribution in [0.3, 0.4) is 0 Å². The van der Waals surface area contributed by atoms with E-state index in [2.05, 4.69) is 17.6 Å². The SMILES string of the molecule is CC1CC(Nc2cc3c(cc2Cl)NC(=O)C3)CCO1. The van der Waals surface area contributed by atoms with E-state index in [4.69, 9.17) is 16.3 Å². The van der Waals surface area contributed by atoms with Gasteiger partial charge in [-0.25, -0.2) is 0 Å². The lowest BCUT2D eigenvalue weighted by Gasteiger charge is -2.29. The van der Waals surface area contributed by atoms with Crippen molar-refractivity contribution in [2.75, 3.05) is 17.2 Å². The number of ether oxygens (including phenoxy) is 1. The highest BCUT2D eigenvalue weighted by molar-refractivity contribution is 6.33. The number of nitrogens with one attached hydrogen (secondary N) is 2. The molecule has 0 saturated carbocycles. The lowest BCUT2D eigenvalue weighted by molar-refractivity contribution is -0.115. The van der Waals surface area contributed by atoms with Crippen LogP contribution in [0.15, 0.2) is 12.1 Å². The first-order valence-corrected chi connectivity index (χ1v) is 7.00. The number of benzene rings is 1. The second-order valence-electron chi connectivity index (χ2n) is 5.26. The summed E-state index contributed by atoms with van der Waals surface area (Å²) in [6.45, 7) is 2.86. The fourth-order valence-corrected chi connectivity index (χ4v) is 2.93. The predicted octanol–water partition coefficient (Wildman–Crippen LogP) is 2.81. The normalized spacial score (nSPS) is 25.9. The Morgan fingerprint density at radius 1 is 1.47 bits per heavy atom. The Morgan fingerprint density at radius 3 is 3.11 bits per heavy atom. The van der Waals surface area contributed by atoms with E-state index in [9.17, 15) is 4.79 Å². The van der Waals surface area contributed by atoms with Gasteiger partial charge in [0.15, 0.2) is 0 Å². The first-order valence-electron chi connectivity index (χ1n) is 6.62. The number of amides is 1. The van der Waals surface area contributed by atoms with E-state index in [-0.39, 0.29) is 12.0 Å². The van der Waals surface area contributed by atoms with Crippen molar-refractivity contribution in [1.82, 2.24) is 0 Å². The molecule has 4 nitrogen and oxygen atoms in total. The van der Waals surface area contributed by atoms with Crippen molar-refractivity contribution in [3.8, 4) is 0 Å². The summed E-state index contributed by atoms with van der Waals surface area (Å²) in [5.41, 5.74) is 2.76. The van der Waals surface area contributed by atoms with Crippen molar-refractivity contribution < 1.29 is 9.53 Å². The van der Waals surface area contributed by atoms with Crippen molar-refractivity contribution >= 4 is 28.9 Å². The van der Waals surface area contributed by atoms with Gasteiger partial charge in [-0.1, -0.05) is 11.6 Å². The Kier molecular flexibility index (Phi) is 3.37. The Hall–Kier alpha value is -1.26. The molecule has 102 valence electrons. The van der Waals surface area contributed by atoms with Crippen LogP contribution in [0.2, 0.25) is 5.02 Å². The van der Waals surface area contributed by atoms with Crippen LogP contribution in [0.5, 0.6) is 0 Å². The van der Waals surface area contributed by atoms with E-state index in [0.29, 0.717) is 17.5 Å². The molecule has 2 aliphatic rings. The van der Waals surface area contributed by atoms with E-state index in [0.717, 1.165) is 36.4 Å². The summed E-state index contributed by atoms with van der Waals surface area (Å²) in [5, 5.41) is 6.93. The fourth-order valence-electron chi connectivity index (χ4n) is 2.71. The van der Waals surface area contributed by atoms with E-state index < -0.39 is 0 Å². The molecular weight excluding hydrogens is 264 g/mol. The lowest BCUT2D eigenvalue weighted by Crippen LogP contribution is -2.32. The quantitative estimate of drug-likeness (QED) is 0.876. The van der Waals surface area contributed by atoms with Crippen LogP contribution in [0.25, 0.3) is 0 Å². The summed E-state index contributed by atoms with van der Waals surface area (Å²) in [4.78, 5) is 11.4. The van der Waals surface area contributed by atoms with E-state index in [1.54, 1.807) is 0 Å². The van der Waals surface area contributed by atoms with Crippen molar-refractivity contribution in [3.05, 3.63) is 22.7 Å². The molecule has 1 fully saturated rings. The number of carbonyl (C=O) groups is 1. The number of carbonyl (C=O) groups excluding carboxylic acids is 1. The number of fused-ring (bicyclic) bond motifs is 1. The van der Waals surface area contributed by atoms with Crippen LogP contribution in [-0.2, 0) is 16.0 Å². The average Bonchev–Trinajstić information content (AvgIpc) is 2.69. The van der Waals surface area contributed by atoms with Gasteiger partial charge in [-0.3, -0.25) is 4.79 Å². The third-order valence-corrected chi connectivity index (χ3v) is 3.98. The topological polar surface area (TPSA) is 50.4 Å². The van der Waals surface area contributed by atoms with Crippen molar-refractivity contribution in [2.24, 2.45) is 0 Å². The molecule has 1 amide bonds. The van der Waals surface area contributed by atoms with Crippen molar-refractivity contribution in [1.29, 1.82) is 0 Å². The molecule has 1 saturated heterocycles. The molecule has 0 radical (unpaired) electrons. The Morgan fingerprint density at radius 2 is 2.32 bits per heavy atom. The van der Waals surface area contributed by atoms with Gasteiger partial charge in [0, 0.05) is 18.3 Å². The molecule has 2 heterocycles. The molecule has 2 N–H and O–H groups in total. The lowest BCUT2D eigenvalue weighted by atomic mass is 10.0. The highest BCUT2D eigenvalue weighted by Gasteiger charge is 2.23. The van der Waals surface area contributed by atoms with Crippen LogP contribution in [0, 0.1) is 0 Å². The van der Waals surface area contributed by atoms with Gasteiger partial charge in [0.1, 0.15) is 0 Å². The number of anilines is 2. The van der Waals surface area contributed by atoms with Gasteiger partial charge >= 0.3 is 0 Å². The number of hydrogen-bond donors (Lipinski definition) is 2. The summed E-state index contributed by atoms with van der Waals surface area (Å²) >= 11 is 6.27. The van der Waals surface area contributed by atoms with E-state index in [1.165, 1.54) is 0 Å². The third kappa shape index (κ3) is 2.69. The summed E-state index contributed by atoms with van der Waals surface area (Å²) < 4.78 is 5.54. The van der Waals surface area contributed by atoms with Crippen LogP contribution < -0.4 is 10.6 Å². The number of rotatable bonds is 2. The molecule has 0 aliphatic carbocycles. The highest BCUT2D eigenvalue weighted by atomic mass is 35.5. The number of halogens is 1. The summed E-state index contributed by atoms with van der Waals surface area (Å²) in [7, 11) is 0. The van der Waals surface area contributed by atoms with E-state index in [1.807, 2.05) is 12.1 Å². The summed E-state index contributed by atoms with van der Waals surface area (Å²) in [5.74, 6) is 0.0305. The minimum atomic E-state index is 0.0305. The molecule has 0 spiro atoms. The Labute approximate surface area is 117 Å². The van der Waals surface area contributed by atoms with Gasteiger partial charge in [0.05, 0.1) is 23.2 Å². The standard InChI is InChI=1S/C14H17ClN2O2/c1-8-4-10(2-3-19-8)16-13-5-9-6-14(18)17-12(9)7-11(13)15/h5,7-8,10,16H,2-4,6H2,1H3,(H,17,18). The zero-order valence-electron chi connectivity index (χ0n) is 10.8. The maximum atomic E-state index is 11.4. The monoisotopic (exact) mass is 280 g/mol. The molecule has 19 heavy (non-hydrogen) atoms. The summed E-state index contributed by atoms with van der Waals surface area (Å²) in [6, 6.07) is 4.19. The smallest absolute Gasteiger partial charge is 0.228 e. The highest BCUT2D eigenvalue weighted by Crippen LogP contribution is 2.34. The average molecular weight is 281 g/mol. The Bertz CT molecular complexity index is 518. The zero-order valence-corrected chi connectivity index (χ0v) is 11.6. The molecule has 3 rings (SSSR count). The van der Waals surface area contributed by atoms with Gasteiger partial charge in [-0.15, -0.1) is 0 Å². The molecule has 1 aromatic carbocycles. The molecule has 5 heteroatoms. The summed E-state index contributed by atoms with van der Waals surface area (Å²) in [6.07, 6.45) is 2.67. The maximum Gasteiger partial charge on any atom is 0.228 e. The number of hydrogen-bond acceptors (Lipinski definition) is 3. The molecule has 2 unspecified atom stereocenters. The van der Waals surface area contributed by atoms with Crippen molar-refractivity contribution in [3.63, 3.8) is 0 Å². The largest absolute Gasteiger partial charge is 0.381 e. The minimum Gasteiger partial charge on any atom is -0.381 e.